The molecule has 2 heteroatoms. The lowest BCUT2D eigenvalue weighted by Crippen LogP contribution is -2.49. The molecule has 0 amide bonds. The van der Waals surface area contributed by atoms with Crippen LogP contribution in [0.1, 0.15) is 86.0 Å². The van der Waals surface area contributed by atoms with Crippen LogP contribution in [0.4, 0.5) is 0 Å². The minimum absolute atomic E-state index is 0.736. The summed E-state index contributed by atoms with van der Waals surface area (Å²) in [6.07, 6.45) is 11.5. The van der Waals surface area contributed by atoms with Gasteiger partial charge in [-0.2, -0.15) is 0 Å². The van der Waals surface area contributed by atoms with Gasteiger partial charge in [0.15, 0.2) is 0 Å². The van der Waals surface area contributed by atoms with Gasteiger partial charge in [-0.25, -0.2) is 0 Å². The van der Waals surface area contributed by atoms with Gasteiger partial charge in [-0.1, -0.05) is 46.5 Å². The van der Waals surface area contributed by atoms with Crippen molar-refractivity contribution >= 4 is 0 Å². The molecule has 0 bridgehead atoms. The SMILES string of the molecule is CC.CCCCCC1CCN(C2CCN(C(C)C)CC2)CC1. The molecule has 0 radical (unpaired) electrons. The molecule has 0 saturated carbocycles. The monoisotopic (exact) mass is 310 g/mol. The molecule has 2 nitrogen and oxygen atoms in total. The first kappa shape index (κ1) is 20.0. The Balaban J connectivity index is 0.00000116. The van der Waals surface area contributed by atoms with Gasteiger partial charge >= 0.3 is 0 Å². The first-order chi connectivity index (χ1) is 10.7. The van der Waals surface area contributed by atoms with Crippen LogP contribution in [0.3, 0.4) is 0 Å². The average molecular weight is 311 g/mol. The largest absolute Gasteiger partial charge is 0.301 e. The molecular formula is C20H42N2. The van der Waals surface area contributed by atoms with Crippen molar-refractivity contribution < 1.29 is 0 Å². The van der Waals surface area contributed by atoms with E-state index in [9.17, 15) is 0 Å². The maximum Gasteiger partial charge on any atom is 0.0120 e. The molecule has 0 aromatic heterocycles. The summed E-state index contributed by atoms with van der Waals surface area (Å²) in [6.45, 7) is 16.4. The first-order valence-corrected chi connectivity index (χ1v) is 10.2. The summed E-state index contributed by atoms with van der Waals surface area (Å²) < 4.78 is 0. The summed E-state index contributed by atoms with van der Waals surface area (Å²) in [5.41, 5.74) is 0. The number of hydrogen-bond acceptors (Lipinski definition) is 2. The predicted molar refractivity (Wildman–Crippen MR) is 99.5 cm³/mol. The van der Waals surface area contributed by atoms with E-state index in [2.05, 4.69) is 30.6 Å². The number of unbranched alkanes of at least 4 members (excludes halogenated alkanes) is 2. The molecule has 0 unspecified atom stereocenters. The van der Waals surface area contributed by atoms with E-state index in [0.717, 1.165) is 18.0 Å². The van der Waals surface area contributed by atoms with Gasteiger partial charge in [0.25, 0.3) is 0 Å². The zero-order valence-electron chi connectivity index (χ0n) is 16.1. The molecule has 0 spiro atoms. The molecule has 0 aliphatic carbocycles. The third-order valence-electron chi connectivity index (χ3n) is 5.61. The van der Waals surface area contributed by atoms with E-state index in [4.69, 9.17) is 0 Å². The van der Waals surface area contributed by atoms with Gasteiger partial charge < -0.3 is 9.80 Å². The highest BCUT2D eigenvalue weighted by atomic mass is 15.2. The second-order valence-corrected chi connectivity index (χ2v) is 7.34. The van der Waals surface area contributed by atoms with E-state index in [0.29, 0.717) is 0 Å². The number of hydrogen-bond donors (Lipinski definition) is 0. The summed E-state index contributed by atoms with van der Waals surface area (Å²) >= 11 is 0. The lowest BCUT2D eigenvalue weighted by molar-refractivity contribution is 0.0657. The molecule has 0 aromatic carbocycles. The van der Waals surface area contributed by atoms with E-state index in [-0.39, 0.29) is 0 Å². The number of nitrogens with zero attached hydrogens (tertiary/aromatic N) is 2. The fourth-order valence-corrected chi connectivity index (χ4v) is 4.06. The van der Waals surface area contributed by atoms with Gasteiger partial charge in [0.1, 0.15) is 0 Å². The van der Waals surface area contributed by atoms with Crippen LogP contribution >= 0.6 is 0 Å². The summed E-state index contributed by atoms with van der Waals surface area (Å²) in [5, 5.41) is 0. The van der Waals surface area contributed by atoms with Crippen LogP contribution in [-0.4, -0.2) is 48.1 Å². The highest BCUT2D eigenvalue weighted by Gasteiger charge is 2.28. The molecule has 2 aliphatic heterocycles. The van der Waals surface area contributed by atoms with Crippen LogP contribution in [0.5, 0.6) is 0 Å². The molecule has 22 heavy (non-hydrogen) atoms. The average Bonchev–Trinajstić information content (AvgIpc) is 2.58. The Bertz CT molecular complexity index is 248. The van der Waals surface area contributed by atoms with Gasteiger partial charge in [-0.3, -0.25) is 0 Å². The summed E-state index contributed by atoms with van der Waals surface area (Å²) in [6, 6.07) is 1.63. The fraction of sp³-hybridized carbons (Fsp3) is 1.00. The smallest absolute Gasteiger partial charge is 0.0120 e. The van der Waals surface area contributed by atoms with Crippen molar-refractivity contribution in [3.05, 3.63) is 0 Å². The van der Waals surface area contributed by atoms with Crippen LogP contribution in [0, 0.1) is 5.92 Å². The highest BCUT2D eigenvalue weighted by Crippen LogP contribution is 2.27. The molecule has 0 atom stereocenters. The number of likely N-dealkylation sites (tertiary alicyclic amines) is 2. The summed E-state index contributed by atoms with van der Waals surface area (Å²) in [7, 11) is 0. The molecule has 0 aromatic rings. The minimum Gasteiger partial charge on any atom is -0.301 e. The van der Waals surface area contributed by atoms with Gasteiger partial charge in [-0.05, 0) is 71.6 Å². The Morgan fingerprint density at radius 1 is 0.864 bits per heavy atom. The highest BCUT2D eigenvalue weighted by molar-refractivity contribution is 4.84. The quantitative estimate of drug-likeness (QED) is 0.624. The van der Waals surface area contributed by atoms with Crippen molar-refractivity contribution in [2.24, 2.45) is 5.92 Å². The molecule has 132 valence electrons. The van der Waals surface area contributed by atoms with E-state index < -0.39 is 0 Å². The summed E-state index contributed by atoms with van der Waals surface area (Å²) in [5.74, 6) is 1.04. The van der Waals surface area contributed by atoms with Gasteiger partial charge in [0.05, 0.1) is 0 Å². The van der Waals surface area contributed by atoms with Gasteiger partial charge in [0, 0.05) is 12.1 Å². The minimum atomic E-state index is 0.736. The second kappa shape index (κ2) is 11.5. The van der Waals surface area contributed by atoms with E-state index in [1.54, 1.807) is 0 Å². The standard InChI is InChI=1S/C18H36N2.C2H6/c1-4-5-6-7-17-8-12-20(13-9-17)18-10-14-19(15-11-18)16(2)3;1-2/h16-18H,4-15H2,1-3H3;1-2H3. The van der Waals surface area contributed by atoms with Crippen LogP contribution in [0.15, 0.2) is 0 Å². The number of piperidine rings is 2. The first-order valence-electron chi connectivity index (χ1n) is 10.2. The maximum atomic E-state index is 2.81. The summed E-state index contributed by atoms with van der Waals surface area (Å²) in [4.78, 5) is 5.46. The Morgan fingerprint density at radius 3 is 1.95 bits per heavy atom. The van der Waals surface area contributed by atoms with Crippen molar-refractivity contribution in [1.29, 1.82) is 0 Å². The van der Waals surface area contributed by atoms with Crippen LogP contribution in [0.25, 0.3) is 0 Å². The Kier molecular flexibility index (Phi) is 10.4. The van der Waals surface area contributed by atoms with Gasteiger partial charge in [0.2, 0.25) is 0 Å². The molecule has 0 N–H and O–H groups in total. The molecule has 2 fully saturated rings. The van der Waals surface area contributed by atoms with Crippen molar-refractivity contribution in [2.75, 3.05) is 26.2 Å². The van der Waals surface area contributed by atoms with E-state index in [1.165, 1.54) is 77.5 Å². The third-order valence-corrected chi connectivity index (χ3v) is 5.61. The zero-order chi connectivity index (χ0) is 16.4. The third kappa shape index (κ3) is 6.58. The fourth-order valence-electron chi connectivity index (χ4n) is 4.06. The molecule has 2 saturated heterocycles. The van der Waals surface area contributed by atoms with Crippen LogP contribution in [-0.2, 0) is 0 Å². The Labute approximate surface area is 140 Å². The molecular weight excluding hydrogens is 268 g/mol. The second-order valence-electron chi connectivity index (χ2n) is 7.34. The van der Waals surface area contributed by atoms with Crippen molar-refractivity contribution in [2.45, 2.75) is 98.1 Å². The van der Waals surface area contributed by atoms with Crippen LogP contribution in [0.2, 0.25) is 0 Å². The van der Waals surface area contributed by atoms with Crippen molar-refractivity contribution in [3.63, 3.8) is 0 Å². The van der Waals surface area contributed by atoms with E-state index in [1.807, 2.05) is 13.8 Å². The molecule has 2 rings (SSSR count). The van der Waals surface area contributed by atoms with Crippen LogP contribution < -0.4 is 0 Å². The predicted octanol–water partition coefficient (Wildman–Crippen LogP) is 5.18. The Morgan fingerprint density at radius 2 is 1.45 bits per heavy atom. The Hall–Kier alpha value is -0.0800. The lowest BCUT2D eigenvalue weighted by atomic mass is 9.89. The number of rotatable bonds is 6. The molecule has 2 heterocycles. The normalized spacial score (nSPS) is 22.6. The van der Waals surface area contributed by atoms with Crippen molar-refractivity contribution in [1.82, 2.24) is 9.80 Å². The maximum absolute atomic E-state index is 2.81. The van der Waals surface area contributed by atoms with E-state index >= 15 is 0 Å². The zero-order valence-corrected chi connectivity index (χ0v) is 16.1. The molecule has 2 aliphatic rings. The van der Waals surface area contributed by atoms with Gasteiger partial charge in [-0.15, -0.1) is 0 Å². The lowest BCUT2D eigenvalue weighted by Gasteiger charge is -2.42. The topological polar surface area (TPSA) is 6.48 Å². The van der Waals surface area contributed by atoms with Crippen molar-refractivity contribution in [3.8, 4) is 0 Å².